The van der Waals surface area contributed by atoms with Gasteiger partial charge in [0.05, 0.1) is 12.8 Å². The lowest BCUT2D eigenvalue weighted by Gasteiger charge is -2.58. The van der Waals surface area contributed by atoms with E-state index in [4.69, 9.17) is 9.47 Å². The molecule has 8 aliphatic carbocycles. The molecule has 0 N–H and O–H groups in total. The van der Waals surface area contributed by atoms with Gasteiger partial charge in [0.1, 0.15) is 12.2 Å². The van der Waals surface area contributed by atoms with Crippen molar-refractivity contribution in [2.75, 3.05) is 0 Å². The van der Waals surface area contributed by atoms with Crippen molar-refractivity contribution in [3.05, 3.63) is 47.1 Å². The molecule has 0 amide bonds. The van der Waals surface area contributed by atoms with E-state index in [1.54, 1.807) is 11.1 Å². The Labute approximate surface area is 438 Å². The maximum atomic E-state index is 12.5. The number of allylic oxidation sites excluding steroid dienone is 6. The fourth-order valence-electron chi connectivity index (χ4n) is 17.8. The second kappa shape index (κ2) is 21.9. The van der Waals surface area contributed by atoms with E-state index in [-0.39, 0.29) is 40.4 Å². The van der Waals surface area contributed by atoms with Crippen LogP contribution in [0.3, 0.4) is 0 Å². The number of hydrogen-bond acceptors (Lipinski definition) is 4. The Balaban J connectivity index is 0.000000209. The molecule has 6 fully saturated rings. The molecule has 0 aromatic rings. The van der Waals surface area contributed by atoms with Crippen LogP contribution in [-0.2, 0) is 19.1 Å². The van der Waals surface area contributed by atoms with Crippen LogP contribution in [0.15, 0.2) is 47.1 Å². The highest BCUT2D eigenvalue weighted by atomic mass is 16.5. The Kier molecular flexibility index (Phi) is 17.4. The number of carbonyl (C=O) groups excluding carboxylic acids is 2. The van der Waals surface area contributed by atoms with Crippen LogP contribution in [0, 0.1) is 104 Å². The lowest BCUT2D eigenvalue weighted by Crippen LogP contribution is -2.51. The van der Waals surface area contributed by atoms with Gasteiger partial charge in [-0.25, -0.2) is 0 Å². The molecule has 0 aromatic heterocycles. The molecule has 0 radical (unpaired) electrons. The summed E-state index contributed by atoms with van der Waals surface area (Å²) in [5.74, 6) is 9.44. The van der Waals surface area contributed by atoms with Gasteiger partial charge in [0.15, 0.2) is 0 Å². The van der Waals surface area contributed by atoms with E-state index in [0.29, 0.717) is 52.8 Å². The molecular formula is C67H110O4. The van der Waals surface area contributed by atoms with Gasteiger partial charge in [0, 0.05) is 12.8 Å². The normalized spacial score (nSPS) is 39.0. The molecule has 0 aliphatic heterocycles. The predicted octanol–water partition coefficient (Wildman–Crippen LogP) is 18.7. The molecule has 402 valence electrons. The van der Waals surface area contributed by atoms with E-state index >= 15 is 0 Å². The highest BCUT2D eigenvalue weighted by Crippen LogP contribution is 2.69. The molecule has 6 saturated carbocycles. The van der Waals surface area contributed by atoms with E-state index in [9.17, 15) is 9.59 Å². The zero-order chi connectivity index (χ0) is 52.1. The summed E-state index contributed by atoms with van der Waals surface area (Å²) in [6, 6.07) is 0. The summed E-state index contributed by atoms with van der Waals surface area (Å²) in [4.78, 5) is 25.0. The Morgan fingerprint density at radius 3 is 1.82 bits per heavy atom. The Bertz CT molecular complexity index is 1980. The Hall–Kier alpha value is -2.10. The van der Waals surface area contributed by atoms with Crippen LogP contribution in [0.1, 0.15) is 246 Å². The van der Waals surface area contributed by atoms with Crippen molar-refractivity contribution < 1.29 is 19.1 Å². The molecule has 4 nitrogen and oxygen atoms in total. The van der Waals surface area contributed by atoms with Crippen LogP contribution in [-0.4, -0.2) is 24.1 Å². The summed E-state index contributed by atoms with van der Waals surface area (Å²) < 4.78 is 12.0. The summed E-state index contributed by atoms with van der Waals surface area (Å²) in [5, 5.41) is 0. The second-order valence-electron chi connectivity index (χ2n) is 30.4. The summed E-state index contributed by atoms with van der Waals surface area (Å²) in [6.45, 7) is 39.9. The summed E-state index contributed by atoms with van der Waals surface area (Å²) in [5.41, 5.74) is 6.45. The Morgan fingerprint density at radius 1 is 0.620 bits per heavy atom. The molecule has 71 heavy (non-hydrogen) atoms. The predicted molar refractivity (Wildman–Crippen MR) is 298 cm³/mol. The maximum absolute atomic E-state index is 12.5. The van der Waals surface area contributed by atoms with Crippen LogP contribution in [0.25, 0.3) is 0 Å². The first-order chi connectivity index (χ1) is 33.1. The molecule has 0 saturated heterocycles. The average Bonchev–Trinajstić information content (AvgIpc) is 3.81. The van der Waals surface area contributed by atoms with E-state index in [2.05, 4.69) is 148 Å². The standard InChI is InChI=1S/C34H54O2.C33H56O2/c1-22(2)23(3)10-11-24(4)28-14-15-29-27-13-12-25-20-26(36-31(35)21-32(5,6)7)16-18-33(25,8)30(27)17-19-34(28,29)9;1-22(2)10-9-11-23(3)27-14-15-28-26-13-12-24-20-25(35-30(34)21-31(4,5)6)16-18-32(24,7)29(26)17-19-33(27,28)8/h10-13,22-24,26,28-30H,14-21H2,1-9H3;12,22-23,25-29H,9-11,13-21H2,1-8H3/b11-10+;/t23-,24+,26?,28+,29-,30-,33-,34+;23-,25?,26?,27-,28+,29+,32+,33-/m01/s1. The first-order valence-electron chi connectivity index (χ1n) is 30.3. The van der Waals surface area contributed by atoms with E-state index in [0.717, 1.165) is 79.4 Å². The molecule has 4 heteroatoms. The summed E-state index contributed by atoms with van der Waals surface area (Å²) >= 11 is 0. The van der Waals surface area contributed by atoms with Crippen molar-refractivity contribution in [2.45, 2.75) is 258 Å². The van der Waals surface area contributed by atoms with Crippen molar-refractivity contribution >= 4 is 11.9 Å². The van der Waals surface area contributed by atoms with Gasteiger partial charge in [-0.15, -0.1) is 0 Å². The number of carbonyl (C=O) groups is 2. The molecule has 8 rings (SSSR count). The average molecular weight is 980 g/mol. The molecule has 0 spiro atoms. The smallest absolute Gasteiger partial charge is 0.306 e. The zero-order valence-corrected chi connectivity index (χ0v) is 49.2. The molecule has 0 aromatic carbocycles. The summed E-state index contributed by atoms with van der Waals surface area (Å²) in [7, 11) is 0. The molecule has 3 unspecified atom stereocenters. The minimum Gasteiger partial charge on any atom is -0.462 e. The van der Waals surface area contributed by atoms with E-state index in [1.165, 1.54) is 89.0 Å². The fourth-order valence-corrected chi connectivity index (χ4v) is 17.8. The molecule has 8 aliphatic rings. The molecule has 0 heterocycles. The molecule has 16 atom stereocenters. The maximum Gasteiger partial charge on any atom is 0.306 e. The van der Waals surface area contributed by atoms with Gasteiger partial charge in [0.2, 0.25) is 0 Å². The van der Waals surface area contributed by atoms with Crippen molar-refractivity contribution in [3.63, 3.8) is 0 Å². The van der Waals surface area contributed by atoms with Crippen LogP contribution >= 0.6 is 0 Å². The molecular weight excluding hydrogens is 869 g/mol. The first-order valence-corrected chi connectivity index (χ1v) is 30.3. The fraction of sp³-hybridized carbons (Fsp3) is 0.851. The zero-order valence-electron chi connectivity index (χ0n) is 49.2. The third kappa shape index (κ3) is 12.3. The SMILES string of the molecule is CC(C)CCC[C@@H](C)[C@H]1CC[C@H]2C3CC=C4CC(OC(=O)CC(C)(C)C)CC[C@]4(C)[C@H]3CC[C@]12C.CC(C)[C@@H](C)/C=C/[C@@H](C)[C@H]1CC[C@H]2C3=CC=C4CC(OC(=O)CC(C)(C)C)CC[C@]4(C)[C@H]3CC[C@]12C. The van der Waals surface area contributed by atoms with Crippen LogP contribution in [0.2, 0.25) is 0 Å². The van der Waals surface area contributed by atoms with Crippen molar-refractivity contribution in [2.24, 2.45) is 104 Å². The van der Waals surface area contributed by atoms with Crippen molar-refractivity contribution in [1.29, 1.82) is 0 Å². The quantitative estimate of drug-likeness (QED) is 0.136. The lowest BCUT2D eigenvalue weighted by molar-refractivity contribution is -0.154. The lowest BCUT2D eigenvalue weighted by atomic mass is 9.47. The second-order valence-corrected chi connectivity index (χ2v) is 30.4. The van der Waals surface area contributed by atoms with Crippen LogP contribution in [0.5, 0.6) is 0 Å². The topological polar surface area (TPSA) is 52.6 Å². The van der Waals surface area contributed by atoms with Gasteiger partial charge < -0.3 is 9.47 Å². The first kappa shape index (κ1) is 56.6. The van der Waals surface area contributed by atoms with Gasteiger partial charge in [0.25, 0.3) is 0 Å². The number of fused-ring (bicyclic) bond motifs is 10. The van der Waals surface area contributed by atoms with Gasteiger partial charge in [-0.1, -0.05) is 184 Å². The number of ether oxygens (including phenoxy) is 2. The Morgan fingerprint density at radius 2 is 1.21 bits per heavy atom. The van der Waals surface area contributed by atoms with E-state index < -0.39 is 0 Å². The minimum atomic E-state index is -0.0277. The third-order valence-corrected chi connectivity index (χ3v) is 22.2. The highest BCUT2D eigenvalue weighted by molar-refractivity contribution is 5.70. The van der Waals surface area contributed by atoms with Crippen molar-refractivity contribution in [1.82, 2.24) is 0 Å². The third-order valence-electron chi connectivity index (χ3n) is 22.2. The highest BCUT2D eigenvalue weighted by Gasteiger charge is 2.60. The number of esters is 2. The largest absolute Gasteiger partial charge is 0.462 e. The molecule has 0 bridgehead atoms. The van der Waals surface area contributed by atoms with Crippen molar-refractivity contribution in [3.8, 4) is 0 Å². The monoisotopic (exact) mass is 979 g/mol. The number of rotatable bonds is 13. The minimum absolute atomic E-state index is 0.00258. The van der Waals surface area contributed by atoms with Gasteiger partial charge in [-0.3, -0.25) is 9.59 Å². The van der Waals surface area contributed by atoms with E-state index in [1.807, 2.05) is 0 Å². The van der Waals surface area contributed by atoms with Crippen LogP contribution in [0.4, 0.5) is 0 Å². The van der Waals surface area contributed by atoms with Gasteiger partial charge >= 0.3 is 11.9 Å². The van der Waals surface area contributed by atoms with Gasteiger partial charge in [-0.05, 0) is 187 Å². The summed E-state index contributed by atoms with van der Waals surface area (Å²) in [6.07, 6.45) is 36.8. The van der Waals surface area contributed by atoms with Gasteiger partial charge in [-0.2, -0.15) is 0 Å². The van der Waals surface area contributed by atoms with Crippen LogP contribution < -0.4 is 0 Å². The number of hydrogen-bond donors (Lipinski definition) is 0.